The zero-order chi connectivity index (χ0) is 11.4. The molecular weight excluding hydrogens is 240 g/mol. The van der Waals surface area contributed by atoms with Gasteiger partial charge < -0.3 is 15.2 Å². The minimum absolute atomic E-state index is 0. The summed E-state index contributed by atoms with van der Waals surface area (Å²) in [7, 11) is 1.61. The monoisotopic (exact) mass is 258 g/mol. The van der Waals surface area contributed by atoms with Crippen LogP contribution >= 0.6 is 12.4 Å². The molecule has 0 aliphatic carbocycles. The van der Waals surface area contributed by atoms with Crippen LogP contribution in [0.25, 0.3) is 0 Å². The van der Waals surface area contributed by atoms with Crippen molar-refractivity contribution in [1.29, 1.82) is 0 Å². The van der Waals surface area contributed by atoms with Gasteiger partial charge in [0, 0.05) is 24.0 Å². The maximum atomic E-state index is 10.3. The molecule has 0 radical (unpaired) electrons. The molecule has 0 spiro atoms. The summed E-state index contributed by atoms with van der Waals surface area (Å²) >= 11 is 0. The number of methoxy groups -OCH3 is 1. The third-order valence-corrected chi connectivity index (χ3v) is 3.08. The topological polar surface area (TPSA) is 54.4 Å². The Morgan fingerprint density at radius 1 is 1.53 bits per heavy atom. The molecule has 1 aromatic rings. The fourth-order valence-electron chi connectivity index (χ4n) is 2.17. The number of piperidine rings is 1. The first-order valence-electron chi connectivity index (χ1n) is 5.72. The Balaban J connectivity index is 0.00000144. The SMILES string of the molecule is COc1ccncc1C(O)C1CCCCN1.Cl. The van der Waals surface area contributed by atoms with E-state index < -0.39 is 6.10 Å². The van der Waals surface area contributed by atoms with Gasteiger partial charge in [-0.25, -0.2) is 0 Å². The first kappa shape index (κ1) is 14.2. The number of ether oxygens (including phenoxy) is 1. The van der Waals surface area contributed by atoms with Gasteiger partial charge in [0.05, 0.1) is 13.2 Å². The van der Waals surface area contributed by atoms with Crippen molar-refractivity contribution in [2.24, 2.45) is 0 Å². The average Bonchev–Trinajstić information content (AvgIpc) is 2.39. The lowest BCUT2D eigenvalue weighted by molar-refractivity contribution is 0.110. The van der Waals surface area contributed by atoms with E-state index in [1.807, 2.05) is 0 Å². The Bertz CT molecular complexity index is 343. The van der Waals surface area contributed by atoms with Crippen molar-refractivity contribution in [3.05, 3.63) is 24.0 Å². The summed E-state index contributed by atoms with van der Waals surface area (Å²) in [6.07, 6.45) is 6.16. The second kappa shape index (κ2) is 6.79. The predicted octanol–water partition coefficient (Wildman–Crippen LogP) is 1.69. The van der Waals surface area contributed by atoms with E-state index in [9.17, 15) is 5.11 Å². The summed E-state index contributed by atoms with van der Waals surface area (Å²) in [6, 6.07) is 1.90. The fraction of sp³-hybridized carbons (Fsp3) is 0.583. The third kappa shape index (κ3) is 3.31. The van der Waals surface area contributed by atoms with Crippen molar-refractivity contribution >= 4 is 12.4 Å². The minimum Gasteiger partial charge on any atom is -0.496 e. The standard InChI is InChI=1S/C12H18N2O2.ClH/c1-16-11-5-7-13-8-9(11)12(15)10-4-2-3-6-14-10;/h5,7-8,10,12,14-15H,2-4,6H2,1H3;1H. The number of halogens is 1. The highest BCUT2D eigenvalue weighted by Crippen LogP contribution is 2.28. The molecule has 0 aromatic carbocycles. The molecule has 1 saturated heterocycles. The number of nitrogens with one attached hydrogen (secondary N) is 1. The quantitative estimate of drug-likeness (QED) is 0.866. The Labute approximate surface area is 108 Å². The van der Waals surface area contributed by atoms with Crippen LogP contribution in [-0.2, 0) is 0 Å². The van der Waals surface area contributed by atoms with Gasteiger partial charge in [-0.2, -0.15) is 0 Å². The van der Waals surface area contributed by atoms with Crippen molar-refractivity contribution in [1.82, 2.24) is 10.3 Å². The van der Waals surface area contributed by atoms with Crippen molar-refractivity contribution in [2.75, 3.05) is 13.7 Å². The molecule has 5 heteroatoms. The van der Waals surface area contributed by atoms with Crippen LogP contribution in [0.2, 0.25) is 0 Å². The summed E-state index contributed by atoms with van der Waals surface area (Å²) < 4.78 is 5.23. The van der Waals surface area contributed by atoms with E-state index in [2.05, 4.69) is 10.3 Å². The molecular formula is C12H19ClN2O2. The maximum absolute atomic E-state index is 10.3. The van der Waals surface area contributed by atoms with Gasteiger partial charge >= 0.3 is 0 Å². The highest BCUT2D eigenvalue weighted by Gasteiger charge is 2.25. The van der Waals surface area contributed by atoms with E-state index in [0.717, 1.165) is 24.9 Å². The Kier molecular flexibility index (Phi) is 5.68. The Morgan fingerprint density at radius 3 is 3.00 bits per heavy atom. The van der Waals surface area contributed by atoms with Gasteiger partial charge in [0.2, 0.25) is 0 Å². The summed E-state index contributed by atoms with van der Waals surface area (Å²) in [5.41, 5.74) is 0.768. The molecule has 0 amide bonds. The van der Waals surface area contributed by atoms with Gasteiger partial charge in [-0.1, -0.05) is 6.42 Å². The van der Waals surface area contributed by atoms with Crippen LogP contribution in [0.4, 0.5) is 0 Å². The van der Waals surface area contributed by atoms with Crippen molar-refractivity contribution < 1.29 is 9.84 Å². The third-order valence-electron chi connectivity index (χ3n) is 3.08. The van der Waals surface area contributed by atoms with Crippen molar-refractivity contribution in [2.45, 2.75) is 31.4 Å². The van der Waals surface area contributed by atoms with Gasteiger partial charge in [-0.15, -0.1) is 12.4 Å². The van der Waals surface area contributed by atoms with Gasteiger partial charge in [0.25, 0.3) is 0 Å². The van der Waals surface area contributed by atoms with E-state index in [0.29, 0.717) is 5.75 Å². The van der Waals surface area contributed by atoms with Crippen LogP contribution in [0.3, 0.4) is 0 Å². The van der Waals surface area contributed by atoms with Crippen molar-refractivity contribution in [3.63, 3.8) is 0 Å². The van der Waals surface area contributed by atoms with E-state index in [4.69, 9.17) is 4.74 Å². The van der Waals surface area contributed by atoms with Crippen LogP contribution in [0, 0.1) is 0 Å². The molecule has 96 valence electrons. The molecule has 2 rings (SSSR count). The molecule has 1 fully saturated rings. The smallest absolute Gasteiger partial charge is 0.127 e. The number of rotatable bonds is 3. The van der Waals surface area contributed by atoms with Gasteiger partial charge in [0.15, 0.2) is 0 Å². The van der Waals surface area contributed by atoms with Crippen LogP contribution in [-0.4, -0.2) is 29.8 Å². The normalized spacial score (nSPS) is 21.4. The molecule has 0 bridgehead atoms. The molecule has 2 N–H and O–H groups in total. The van der Waals surface area contributed by atoms with Crippen molar-refractivity contribution in [3.8, 4) is 5.75 Å². The largest absolute Gasteiger partial charge is 0.496 e. The molecule has 0 saturated carbocycles. The van der Waals surface area contributed by atoms with E-state index in [1.54, 1.807) is 25.6 Å². The summed E-state index contributed by atoms with van der Waals surface area (Å²) in [6.45, 7) is 0.976. The second-order valence-electron chi connectivity index (χ2n) is 4.12. The number of aliphatic hydroxyl groups excluding tert-OH is 1. The highest BCUT2D eigenvalue weighted by molar-refractivity contribution is 5.85. The van der Waals surface area contributed by atoms with E-state index in [1.165, 1.54) is 6.42 Å². The Hall–Kier alpha value is -0.840. The number of hydrogen-bond donors (Lipinski definition) is 2. The average molecular weight is 259 g/mol. The van der Waals surface area contributed by atoms with E-state index in [-0.39, 0.29) is 18.4 Å². The minimum atomic E-state index is -0.538. The first-order chi connectivity index (χ1) is 7.83. The number of aromatic nitrogens is 1. The molecule has 4 nitrogen and oxygen atoms in total. The molecule has 1 aliphatic rings. The Morgan fingerprint density at radius 2 is 2.35 bits per heavy atom. The maximum Gasteiger partial charge on any atom is 0.127 e. The molecule has 17 heavy (non-hydrogen) atoms. The number of aliphatic hydroxyl groups is 1. The van der Waals surface area contributed by atoms with Crippen LogP contribution in [0.1, 0.15) is 30.9 Å². The lowest BCUT2D eigenvalue weighted by atomic mass is 9.95. The zero-order valence-corrected chi connectivity index (χ0v) is 10.7. The molecule has 1 aromatic heterocycles. The number of nitrogens with zero attached hydrogens (tertiary/aromatic N) is 1. The second-order valence-corrected chi connectivity index (χ2v) is 4.12. The first-order valence-corrected chi connectivity index (χ1v) is 5.72. The van der Waals surface area contributed by atoms with Crippen LogP contribution in [0.15, 0.2) is 18.5 Å². The molecule has 2 heterocycles. The number of pyridine rings is 1. The fourth-order valence-corrected chi connectivity index (χ4v) is 2.17. The molecule has 1 aliphatic heterocycles. The van der Waals surface area contributed by atoms with Crippen LogP contribution < -0.4 is 10.1 Å². The van der Waals surface area contributed by atoms with Crippen LogP contribution in [0.5, 0.6) is 5.75 Å². The zero-order valence-electron chi connectivity index (χ0n) is 9.93. The lowest BCUT2D eigenvalue weighted by Crippen LogP contribution is -2.38. The molecule has 2 atom stereocenters. The lowest BCUT2D eigenvalue weighted by Gasteiger charge is -2.28. The van der Waals surface area contributed by atoms with Gasteiger partial charge in [0.1, 0.15) is 5.75 Å². The summed E-state index contributed by atoms with van der Waals surface area (Å²) in [4.78, 5) is 4.04. The summed E-state index contributed by atoms with van der Waals surface area (Å²) in [5, 5.41) is 13.6. The predicted molar refractivity (Wildman–Crippen MR) is 68.6 cm³/mol. The van der Waals surface area contributed by atoms with Gasteiger partial charge in [-0.3, -0.25) is 4.98 Å². The summed E-state index contributed by atoms with van der Waals surface area (Å²) in [5.74, 6) is 0.704. The van der Waals surface area contributed by atoms with Gasteiger partial charge in [-0.05, 0) is 25.5 Å². The highest BCUT2D eigenvalue weighted by atomic mass is 35.5. The van der Waals surface area contributed by atoms with E-state index >= 15 is 0 Å². The molecule has 2 unspecified atom stereocenters. The number of hydrogen-bond acceptors (Lipinski definition) is 4.